The zero-order valence-electron chi connectivity index (χ0n) is 10.2. The Morgan fingerprint density at radius 1 is 1.25 bits per heavy atom. The predicted molar refractivity (Wildman–Crippen MR) is 71.2 cm³/mol. The van der Waals surface area contributed by atoms with Crippen molar-refractivity contribution >= 4 is 27.3 Å². The highest BCUT2D eigenvalue weighted by Gasteiger charge is 2.21. The van der Waals surface area contributed by atoms with Crippen molar-refractivity contribution in [3.63, 3.8) is 0 Å². The van der Waals surface area contributed by atoms with Crippen molar-refractivity contribution in [1.29, 1.82) is 0 Å². The number of hydrogen-bond donors (Lipinski definition) is 1. The van der Waals surface area contributed by atoms with E-state index in [9.17, 15) is 17.2 Å². The van der Waals surface area contributed by atoms with E-state index in [2.05, 4.69) is 9.71 Å². The lowest BCUT2D eigenvalue weighted by Gasteiger charge is -2.10. The van der Waals surface area contributed by atoms with E-state index < -0.39 is 26.6 Å². The lowest BCUT2D eigenvalue weighted by molar-refractivity contribution is 0.555. The molecule has 0 fully saturated rings. The van der Waals surface area contributed by atoms with E-state index in [1.807, 2.05) is 0 Å². The first-order chi connectivity index (χ1) is 9.29. The van der Waals surface area contributed by atoms with E-state index in [0.717, 1.165) is 12.1 Å². The summed E-state index contributed by atoms with van der Waals surface area (Å²) < 4.78 is 52.7. The fourth-order valence-electron chi connectivity index (χ4n) is 1.51. The van der Waals surface area contributed by atoms with Gasteiger partial charge < -0.3 is 0 Å². The maximum atomic E-state index is 13.5. The number of anilines is 1. The molecule has 1 aromatic heterocycles. The first-order valence-corrected chi connectivity index (χ1v) is 7.26. The van der Waals surface area contributed by atoms with Crippen molar-refractivity contribution in [2.75, 3.05) is 4.72 Å². The van der Waals surface area contributed by atoms with Crippen molar-refractivity contribution < 1.29 is 17.2 Å². The molecule has 0 aliphatic carbocycles. The van der Waals surface area contributed by atoms with Crippen molar-refractivity contribution in [1.82, 2.24) is 4.98 Å². The van der Waals surface area contributed by atoms with Crippen LogP contribution in [0, 0.1) is 18.6 Å². The minimum atomic E-state index is -4.30. The van der Waals surface area contributed by atoms with Gasteiger partial charge in [-0.15, -0.1) is 0 Å². The van der Waals surface area contributed by atoms with Gasteiger partial charge in [0.2, 0.25) is 0 Å². The summed E-state index contributed by atoms with van der Waals surface area (Å²) in [6.45, 7) is 1.68. The van der Waals surface area contributed by atoms with E-state index >= 15 is 0 Å². The van der Waals surface area contributed by atoms with Crippen LogP contribution in [0.25, 0.3) is 0 Å². The lowest BCUT2D eigenvalue weighted by Crippen LogP contribution is -2.15. The molecule has 0 spiro atoms. The van der Waals surface area contributed by atoms with Gasteiger partial charge in [0.25, 0.3) is 10.0 Å². The first kappa shape index (κ1) is 14.7. The number of benzene rings is 1. The molecule has 0 aliphatic rings. The third-order valence-corrected chi connectivity index (χ3v) is 4.08. The van der Waals surface area contributed by atoms with Gasteiger partial charge in [-0.25, -0.2) is 22.2 Å². The normalized spacial score (nSPS) is 11.4. The SMILES string of the molecule is Cc1cnc(Cl)c(NS(=O)(=O)c2cc(F)ccc2F)c1. The molecule has 0 bridgehead atoms. The Balaban J connectivity index is 2.46. The molecule has 1 aromatic carbocycles. The van der Waals surface area contributed by atoms with Gasteiger partial charge in [-0.05, 0) is 36.8 Å². The highest BCUT2D eigenvalue weighted by molar-refractivity contribution is 7.92. The van der Waals surface area contributed by atoms with Gasteiger partial charge in [-0.3, -0.25) is 4.72 Å². The second kappa shape index (κ2) is 5.34. The molecule has 20 heavy (non-hydrogen) atoms. The molecule has 1 heterocycles. The van der Waals surface area contributed by atoms with Gasteiger partial charge in [0, 0.05) is 6.20 Å². The smallest absolute Gasteiger partial charge is 0.265 e. The Bertz CT molecular complexity index is 766. The van der Waals surface area contributed by atoms with E-state index in [1.54, 1.807) is 6.92 Å². The number of pyridine rings is 1. The van der Waals surface area contributed by atoms with Gasteiger partial charge in [-0.1, -0.05) is 11.6 Å². The monoisotopic (exact) mass is 318 g/mol. The molecular formula is C12H9ClF2N2O2S. The van der Waals surface area contributed by atoms with Crippen molar-refractivity contribution in [3.05, 3.63) is 52.8 Å². The van der Waals surface area contributed by atoms with Crippen LogP contribution < -0.4 is 4.72 Å². The summed E-state index contributed by atoms with van der Waals surface area (Å²) in [5, 5.41) is -0.0870. The Morgan fingerprint density at radius 2 is 1.95 bits per heavy atom. The molecule has 2 aromatic rings. The van der Waals surface area contributed by atoms with Crippen LogP contribution in [0.4, 0.5) is 14.5 Å². The summed E-state index contributed by atoms with van der Waals surface area (Å²) in [7, 11) is -4.30. The fourth-order valence-corrected chi connectivity index (χ4v) is 2.86. The molecule has 8 heteroatoms. The predicted octanol–water partition coefficient (Wildman–Crippen LogP) is 3.12. The fraction of sp³-hybridized carbons (Fsp3) is 0.0833. The second-order valence-electron chi connectivity index (χ2n) is 4.03. The summed E-state index contributed by atoms with van der Waals surface area (Å²) in [5.41, 5.74) is 0.655. The summed E-state index contributed by atoms with van der Waals surface area (Å²) in [6.07, 6.45) is 1.45. The van der Waals surface area contributed by atoms with Crippen LogP contribution in [-0.4, -0.2) is 13.4 Å². The van der Waals surface area contributed by atoms with Crippen LogP contribution in [0.5, 0.6) is 0 Å². The highest BCUT2D eigenvalue weighted by atomic mass is 35.5. The Labute approximate surface area is 119 Å². The van der Waals surface area contributed by atoms with Crippen LogP contribution >= 0.6 is 11.6 Å². The average molecular weight is 319 g/mol. The molecule has 4 nitrogen and oxygen atoms in total. The van der Waals surface area contributed by atoms with Gasteiger partial charge in [-0.2, -0.15) is 0 Å². The largest absolute Gasteiger partial charge is 0.276 e. The number of sulfonamides is 1. The maximum absolute atomic E-state index is 13.5. The van der Waals surface area contributed by atoms with Crippen LogP contribution in [0.15, 0.2) is 35.4 Å². The molecule has 106 valence electrons. The molecule has 0 aliphatic heterocycles. The molecule has 0 amide bonds. The van der Waals surface area contributed by atoms with Crippen LogP contribution in [0.2, 0.25) is 5.15 Å². The number of aromatic nitrogens is 1. The number of aryl methyl sites for hydroxylation is 1. The Hall–Kier alpha value is -1.73. The van der Waals surface area contributed by atoms with Crippen molar-refractivity contribution in [3.8, 4) is 0 Å². The van der Waals surface area contributed by atoms with Crippen LogP contribution in [0.3, 0.4) is 0 Å². The van der Waals surface area contributed by atoms with Crippen molar-refractivity contribution in [2.45, 2.75) is 11.8 Å². The Morgan fingerprint density at radius 3 is 2.65 bits per heavy atom. The van der Waals surface area contributed by atoms with Gasteiger partial charge in [0.15, 0.2) is 5.15 Å². The van der Waals surface area contributed by atoms with Gasteiger partial charge in [0.05, 0.1) is 5.69 Å². The molecule has 0 atom stereocenters. The minimum Gasteiger partial charge on any atom is -0.276 e. The molecule has 2 rings (SSSR count). The Kier molecular flexibility index (Phi) is 3.92. The van der Waals surface area contributed by atoms with E-state index in [0.29, 0.717) is 11.6 Å². The minimum absolute atomic E-state index is 0.00433. The van der Waals surface area contributed by atoms with Gasteiger partial charge in [0.1, 0.15) is 16.5 Å². The van der Waals surface area contributed by atoms with Crippen molar-refractivity contribution in [2.24, 2.45) is 0 Å². The molecule has 0 saturated heterocycles. The summed E-state index contributed by atoms with van der Waals surface area (Å²) >= 11 is 5.75. The van der Waals surface area contributed by atoms with E-state index in [-0.39, 0.29) is 10.8 Å². The van der Waals surface area contributed by atoms with E-state index in [1.165, 1.54) is 12.3 Å². The summed E-state index contributed by atoms with van der Waals surface area (Å²) in [6, 6.07) is 3.59. The maximum Gasteiger partial charge on any atom is 0.265 e. The van der Waals surface area contributed by atoms with Gasteiger partial charge >= 0.3 is 0 Å². The molecule has 0 radical (unpaired) electrons. The highest BCUT2D eigenvalue weighted by Crippen LogP contribution is 2.24. The number of nitrogens with one attached hydrogen (secondary N) is 1. The number of halogens is 3. The molecule has 1 N–H and O–H groups in total. The zero-order chi connectivity index (χ0) is 14.9. The first-order valence-electron chi connectivity index (χ1n) is 5.39. The van der Waals surface area contributed by atoms with E-state index in [4.69, 9.17) is 11.6 Å². The second-order valence-corrected chi connectivity index (χ2v) is 6.04. The standard InChI is InChI=1S/C12H9ClF2N2O2S/c1-7-4-10(12(13)16-6-7)17-20(18,19)11-5-8(14)2-3-9(11)15/h2-6,17H,1H3. The zero-order valence-corrected chi connectivity index (χ0v) is 11.8. The topological polar surface area (TPSA) is 59.1 Å². The number of nitrogens with zero attached hydrogens (tertiary/aromatic N) is 1. The number of hydrogen-bond acceptors (Lipinski definition) is 3. The molecule has 0 saturated carbocycles. The summed E-state index contributed by atoms with van der Waals surface area (Å²) in [4.78, 5) is 2.97. The third-order valence-electron chi connectivity index (χ3n) is 2.40. The lowest BCUT2D eigenvalue weighted by atomic mass is 10.3. The summed E-state index contributed by atoms with van der Waals surface area (Å²) in [5.74, 6) is -1.92. The third kappa shape index (κ3) is 3.05. The quantitative estimate of drug-likeness (QED) is 0.885. The molecule has 0 unspecified atom stereocenters. The molecular weight excluding hydrogens is 310 g/mol. The van der Waals surface area contributed by atoms with Crippen LogP contribution in [-0.2, 0) is 10.0 Å². The van der Waals surface area contributed by atoms with Crippen LogP contribution in [0.1, 0.15) is 5.56 Å². The average Bonchev–Trinajstić information content (AvgIpc) is 2.36. The number of rotatable bonds is 3.